The van der Waals surface area contributed by atoms with Crippen LogP contribution in [0, 0.1) is 11.6 Å². The highest BCUT2D eigenvalue weighted by Crippen LogP contribution is 2.40. The molecule has 4 nitrogen and oxygen atoms in total. The summed E-state index contributed by atoms with van der Waals surface area (Å²) in [5.74, 6) is -1.54. The first kappa shape index (κ1) is 26.0. The van der Waals surface area contributed by atoms with Crippen LogP contribution < -0.4 is 9.40 Å². The van der Waals surface area contributed by atoms with Gasteiger partial charge in [0.1, 0.15) is 23.6 Å². The van der Waals surface area contributed by atoms with Crippen LogP contribution in [0.5, 0.6) is 0 Å². The molecule has 37 heavy (non-hydrogen) atoms. The van der Waals surface area contributed by atoms with Crippen molar-refractivity contribution < 1.29 is 18.1 Å². The first-order valence-electron chi connectivity index (χ1n) is 12.1. The molecule has 0 atom stereocenters. The quantitative estimate of drug-likeness (QED) is 0.203. The number of benzene rings is 2. The van der Waals surface area contributed by atoms with Gasteiger partial charge in [0.15, 0.2) is 12.4 Å². The molecule has 1 aliphatic rings. The van der Waals surface area contributed by atoms with Gasteiger partial charge in [0.05, 0.1) is 15.1 Å². The van der Waals surface area contributed by atoms with E-state index in [-0.39, 0.29) is 38.0 Å². The van der Waals surface area contributed by atoms with Gasteiger partial charge in [-0.15, -0.1) is 11.3 Å². The lowest BCUT2D eigenvalue weighted by Gasteiger charge is -2.36. The number of hydrogen-bond donors (Lipinski definition) is 1. The number of amides is 1. The van der Waals surface area contributed by atoms with E-state index in [9.17, 15) is 13.6 Å². The zero-order chi connectivity index (χ0) is 26.1. The number of fused-ring (bicyclic) bond motifs is 1. The molecule has 2 aromatic heterocycles. The van der Waals surface area contributed by atoms with Crippen LogP contribution in [0.4, 0.5) is 8.78 Å². The Morgan fingerprint density at radius 2 is 1.76 bits per heavy atom. The predicted octanol–water partition coefficient (Wildman–Crippen LogP) is 7.02. The summed E-state index contributed by atoms with van der Waals surface area (Å²) in [7, 11) is 1.97. The van der Waals surface area contributed by atoms with Crippen LogP contribution in [0.1, 0.15) is 40.9 Å². The third-order valence-electron chi connectivity index (χ3n) is 7.02. The molecular weight excluding hydrogens is 535 g/mol. The van der Waals surface area contributed by atoms with E-state index in [4.69, 9.17) is 23.4 Å². The third kappa shape index (κ3) is 5.36. The maximum absolute atomic E-state index is 14.5. The molecule has 2 aromatic carbocycles. The second-order valence-corrected chi connectivity index (χ2v) is 11.1. The van der Waals surface area contributed by atoms with Gasteiger partial charge in [-0.25, -0.2) is 18.2 Å². The average Bonchev–Trinajstić information content (AvgIpc) is 3.28. The summed E-state index contributed by atoms with van der Waals surface area (Å²) in [5, 5.41) is -0.0710. The van der Waals surface area contributed by atoms with E-state index in [1.54, 1.807) is 4.90 Å². The average molecular weight is 562 g/mol. The molecule has 1 fully saturated rings. The summed E-state index contributed by atoms with van der Waals surface area (Å²) in [6.07, 6.45) is 7.14. The maximum atomic E-state index is 14.5. The molecule has 0 radical (unpaired) electrons. The van der Waals surface area contributed by atoms with Crippen molar-refractivity contribution >= 4 is 50.7 Å². The van der Waals surface area contributed by atoms with Gasteiger partial charge < -0.3 is 4.90 Å². The summed E-state index contributed by atoms with van der Waals surface area (Å²) in [6.45, 7) is 0.354. The Morgan fingerprint density at radius 3 is 2.43 bits per heavy atom. The van der Waals surface area contributed by atoms with Crippen molar-refractivity contribution in [1.82, 2.24) is 9.74 Å². The molecule has 1 saturated carbocycles. The Hall–Kier alpha value is -2.58. The van der Waals surface area contributed by atoms with Crippen molar-refractivity contribution in [3.63, 3.8) is 0 Å². The summed E-state index contributed by atoms with van der Waals surface area (Å²) >= 11 is 13.3. The number of thiophene rings is 1. The van der Waals surface area contributed by atoms with Crippen molar-refractivity contribution in [2.45, 2.75) is 44.3 Å². The first-order valence-corrected chi connectivity index (χ1v) is 13.7. The van der Waals surface area contributed by atoms with Crippen molar-refractivity contribution in [2.75, 3.05) is 0 Å². The lowest BCUT2D eigenvalue weighted by atomic mass is 9.90. The number of hydrogen-bond acceptors (Lipinski definition) is 3. The third-order valence-corrected chi connectivity index (χ3v) is 9.01. The van der Waals surface area contributed by atoms with Crippen molar-refractivity contribution in [3.8, 4) is 11.1 Å². The van der Waals surface area contributed by atoms with Crippen LogP contribution in [0.25, 0.3) is 21.2 Å². The Bertz CT molecular complexity index is 1440. The van der Waals surface area contributed by atoms with Gasteiger partial charge in [-0.1, -0.05) is 29.8 Å². The minimum absolute atomic E-state index is 0.0333. The molecule has 2 heterocycles. The molecule has 1 N–H and O–H groups in total. The molecule has 0 spiro atoms. The number of pyridine rings is 1. The van der Waals surface area contributed by atoms with Crippen LogP contribution in [0.2, 0.25) is 5.02 Å². The van der Waals surface area contributed by atoms with E-state index in [2.05, 4.69) is 10.9 Å². The minimum Gasteiger partial charge on any atom is -0.331 e. The second-order valence-electron chi connectivity index (χ2n) is 9.48. The molecule has 0 saturated heterocycles. The fourth-order valence-corrected chi connectivity index (χ4v) is 6.69. The largest absolute Gasteiger partial charge is 0.331 e. The summed E-state index contributed by atoms with van der Waals surface area (Å²) in [5.41, 5.74) is 3.08. The zero-order valence-electron chi connectivity index (χ0n) is 20.2. The molecule has 5 rings (SSSR count). The Morgan fingerprint density at radius 1 is 1.05 bits per heavy atom. The maximum Gasteiger partial charge on any atom is 0.266 e. The number of rotatable bonds is 6. The van der Waals surface area contributed by atoms with E-state index < -0.39 is 11.6 Å². The Labute approximate surface area is 228 Å². The lowest BCUT2D eigenvalue weighted by molar-refractivity contribution is -0.671. The van der Waals surface area contributed by atoms with E-state index in [0.717, 1.165) is 65.8 Å². The van der Waals surface area contributed by atoms with Crippen LogP contribution in [-0.2, 0) is 13.6 Å². The SMILES string of the molecule is C[n+]1ccc(-c2cccc(CN(C(=O)c3sc4c(F)ccc(F)c4c3Cl)[C@H]3CC[C@@H](NCl)CC3)c2)cc1. The van der Waals surface area contributed by atoms with Crippen LogP contribution in [-0.4, -0.2) is 22.9 Å². The highest BCUT2D eigenvalue weighted by Gasteiger charge is 2.32. The van der Waals surface area contributed by atoms with Crippen LogP contribution in [0.3, 0.4) is 0 Å². The summed E-state index contributed by atoms with van der Waals surface area (Å²) in [6, 6.07) is 14.4. The highest BCUT2D eigenvalue weighted by atomic mass is 35.5. The standard InChI is InChI=1S/C28H26Cl2F2N3OS/c1-34-13-11-18(12-14-34)19-4-2-3-17(15-19)16-35(21-7-5-20(33-30)6-8-21)28(36)27-25(29)24-22(31)9-10-23(32)26(24)37-27/h2-4,9-15,20-21,33H,5-8,16H2,1H3/q+1/t20-,21+. The first-order chi connectivity index (χ1) is 17.9. The Balaban J connectivity index is 1.50. The highest BCUT2D eigenvalue weighted by molar-refractivity contribution is 7.21. The van der Waals surface area contributed by atoms with Gasteiger partial charge in [0.2, 0.25) is 0 Å². The molecule has 0 unspecified atom stereocenters. The van der Waals surface area contributed by atoms with Crippen molar-refractivity contribution in [2.24, 2.45) is 7.05 Å². The molecule has 1 aliphatic carbocycles. The summed E-state index contributed by atoms with van der Waals surface area (Å²) < 4.78 is 31.0. The molecule has 192 valence electrons. The van der Waals surface area contributed by atoms with Crippen molar-refractivity contribution in [3.05, 3.63) is 88.0 Å². The van der Waals surface area contributed by atoms with Crippen LogP contribution >= 0.6 is 34.7 Å². The van der Waals surface area contributed by atoms with Gasteiger partial charge in [-0.2, -0.15) is 0 Å². The molecule has 9 heteroatoms. The molecule has 1 amide bonds. The molecule has 4 aromatic rings. The number of nitrogens with one attached hydrogen (secondary N) is 1. The van der Waals surface area contributed by atoms with Crippen molar-refractivity contribution in [1.29, 1.82) is 0 Å². The van der Waals surface area contributed by atoms with E-state index in [1.165, 1.54) is 0 Å². The number of halogens is 4. The zero-order valence-corrected chi connectivity index (χ0v) is 22.5. The molecule has 0 aliphatic heterocycles. The predicted molar refractivity (Wildman–Crippen MR) is 145 cm³/mol. The van der Waals surface area contributed by atoms with E-state index in [1.807, 2.05) is 54.3 Å². The number of carbonyl (C=O) groups is 1. The summed E-state index contributed by atoms with van der Waals surface area (Å²) in [4.78, 5) is 18.7. The fourth-order valence-electron chi connectivity index (χ4n) is 4.97. The topological polar surface area (TPSA) is 36.2 Å². The smallest absolute Gasteiger partial charge is 0.266 e. The fraction of sp³-hybridized carbons (Fsp3) is 0.286. The van der Waals surface area contributed by atoms with E-state index in [0.29, 0.717) is 6.54 Å². The lowest BCUT2D eigenvalue weighted by Crippen LogP contribution is -2.43. The number of aromatic nitrogens is 1. The normalized spacial score (nSPS) is 17.8. The molecule has 0 bridgehead atoms. The van der Waals surface area contributed by atoms with Crippen LogP contribution in [0.15, 0.2) is 60.9 Å². The van der Waals surface area contributed by atoms with Gasteiger partial charge >= 0.3 is 0 Å². The second kappa shape index (κ2) is 11.0. The number of carbonyl (C=O) groups excluding carboxylic acids is 1. The number of nitrogens with zero attached hydrogens (tertiary/aromatic N) is 2. The van der Waals surface area contributed by atoms with E-state index >= 15 is 0 Å². The molecular formula is C28H26Cl2F2N3OS+. The minimum atomic E-state index is -0.638. The van der Waals surface area contributed by atoms with Gasteiger partial charge in [0, 0.05) is 30.8 Å². The Kier molecular flexibility index (Phi) is 7.77. The monoisotopic (exact) mass is 560 g/mol. The number of aryl methyl sites for hydroxylation is 1. The van der Waals surface area contributed by atoms with Gasteiger partial charge in [-0.3, -0.25) is 4.79 Å². The van der Waals surface area contributed by atoms with Gasteiger partial charge in [0.25, 0.3) is 5.91 Å². The van der Waals surface area contributed by atoms with Gasteiger partial charge in [-0.05, 0) is 72.3 Å².